The zero-order chi connectivity index (χ0) is 42.2. The van der Waals surface area contributed by atoms with Crippen molar-refractivity contribution in [2.45, 2.75) is 177 Å². The van der Waals surface area contributed by atoms with Crippen LogP contribution in [0.25, 0.3) is 0 Å². The molecule has 10 nitrogen and oxygen atoms in total. The van der Waals surface area contributed by atoms with Gasteiger partial charge in [-0.2, -0.15) is 0 Å². The number of carbonyl (C=O) groups excluding carboxylic acids is 6. The van der Waals surface area contributed by atoms with Gasteiger partial charge in [0.05, 0.1) is 22.9 Å². The molecular formula is C41H80N2O8. The molecule has 1 aromatic heterocycles. The van der Waals surface area contributed by atoms with E-state index in [0.29, 0.717) is 25.7 Å². The number of ketones is 4. The summed E-state index contributed by atoms with van der Waals surface area (Å²) in [5.74, 6) is -0.344. The van der Waals surface area contributed by atoms with Gasteiger partial charge in [0.1, 0.15) is 36.1 Å². The Morgan fingerprint density at radius 2 is 0.980 bits per heavy atom. The molecule has 0 saturated carbocycles. The lowest BCUT2D eigenvalue weighted by atomic mass is 9.80. The number of carbonyl (C=O) groups is 6. The van der Waals surface area contributed by atoms with Crippen molar-refractivity contribution in [1.82, 2.24) is 9.55 Å². The first-order valence-corrected chi connectivity index (χ1v) is 19.0. The van der Waals surface area contributed by atoms with Gasteiger partial charge in [-0.1, -0.05) is 104 Å². The van der Waals surface area contributed by atoms with E-state index in [0.717, 1.165) is 0 Å². The SMILES string of the molecule is CC.CC.CC.CC.CC(C)(C)C(=O)n1ccnc1.CCC(=O)CC(C)(CO)C(=O)CC.CCC(=O)CC(C)(COC(=O)C(C)(C)C)C(=O)CC. The molecule has 0 aliphatic carbocycles. The molecule has 1 aromatic rings. The minimum atomic E-state index is -0.900. The minimum Gasteiger partial charge on any atom is -0.464 e. The summed E-state index contributed by atoms with van der Waals surface area (Å²) in [6.07, 6.45) is 6.59. The van der Waals surface area contributed by atoms with Gasteiger partial charge in [0.25, 0.3) is 0 Å². The van der Waals surface area contributed by atoms with Crippen molar-refractivity contribution in [3.8, 4) is 0 Å². The van der Waals surface area contributed by atoms with Crippen molar-refractivity contribution in [2.75, 3.05) is 13.2 Å². The molecule has 0 spiro atoms. The number of esters is 1. The van der Waals surface area contributed by atoms with Crippen LogP contribution in [0.1, 0.15) is 182 Å². The van der Waals surface area contributed by atoms with Gasteiger partial charge < -0.3 is 9.84 Å². The molecular weight excluding hydrogens is 648 g/mol. The Hall–Kier alpha value is -3.01. The molecule has 0 bridgehead atoms. The molecule has 0 aliphatic heterocycles. The number of imidazole rings is 1. The van der Waals surface area contributed by atoms with Crippen LogP contribution in [0.5, 0.6) is 0 Å². The van der Waals surface area contributed by atoms with Crippen molar-refractivity contribution >= 4 is 35.0 Å². The van der Waals surface area contributed by atoms with Gasteiger partial charge >= 0.3 is 5.97 Å². The Labute approximate surface area is 313 Å². The van der Waals surface area contributed by atoms with E-state index in [4.69, 9.17) is 9.84 Å². The molecule has 0 fully saturated rings. The van der Waals surface area contributed by atoms with Crippen molar-refractivity contribution in [1.29, 1.82) is 0 Å². The molecule has 0 aromatic carbocycles. The highest BCUT2D eigenvalue weighted by molar-refractivity contribution is 5.91. The van der Waals surface area contributed by atoms with Crippen LogP contribution in [0.4, 0.5) is 0 Å². The molecule has 2 unspecified atom stereocenters. The van der Waals surface area contributed by atoms with E-state index >= 15 is 0 Å². The molecule has 1 N–H and O–H groups in total. The summed E-state index contributed by atoms with van der Waals surface area (Å²) in [5, 5.41) is 9.06. The Morgan fingerprint density at radius 1 is 0.608 bits per heavy atom. The fraction of sp³-hybridized carbons (Fsp3) is 0.780. The maximum atomic E-state index is 12.0. The largest absolute Gasteiger partial charge is 0.464 e. The smallest absolute Gasteiger partial charge is 0.311 e. The number of Topliss-reactive ketones (excluding diaryl/α,β-unsaturated/α-hetero) is 4. The second-order valence-corrected chi connectivity index (χ2v) is 13.3. The van der Waals surface area contributed by atoms with Crippen molar-refractivity contribution in [3.05, 3.63) is 18.7 Å². The first kappa shape index (κ1) is 60.1. The van der Waals surface area contributed by atoms with Gasteiger partial charge in [-0.25, -0.2) is 4.98 Å². The summed E-state index contributed by atoms with van der Waals surface area (Å²) < 4.78 is 6.73. The molecule has 0 amide bonds. The number of aliphatic hydroxyl groups is 1. The van der Waals surface area contributed by atoms with E-state index < -0.39 is 16.2 Å². The minimum absolute atomic E-state index is 0.0103. The number of nitrogens with zero attached hydrogens (tertiary/aromatic N) is 2. The van der Waals surface area contributed by atoms with Crippen LogP contribution < -0.4 is 0 Å². The zero-order valence-electron chi connectivity index (χ0n) is 36.6. The Kier molecular flexibility index (Phi) is 38.7. The molecule has 1 rings (SSSR count). The standard InChI is InChI=1S/C15H26O4.C10H18O3.C8H12N2O.4C2H6/c1-7-11(16)9-15(6,12(17)8-2)10-19-13(18)14(3,4)5;1-4-8(12)6-10(3,7-11)9(13)5-2;1-8(2,3)7(11)10-5-4-9-6-10;4*1-2/h7-10H2,1-6H3;11H,4-7H2,1-3H3;4-6H,1-3H3;4*1-2H3. The first-order valence-electron chi connectivity index (χ1n) is 19.0. The van der Waals surface area contributed by atoms with Crippen LogP contribution in [-0.4, -0.2) is 62.9 Å². The van der Waals surface area contributed by atoms with E-state index in [2.05, 4.69) is 4.98 Å². The maximum Gasteiger partial charge on any atom is 0.311 e. The summed E-state index contributed by atoms with van der Waals surface area (Å²) in [4.78, 5) is 73.2. The fourth-order valence-corrected chi connectivity index (χ4v) is 3.65. The fourth-order valence-electron chi connectivity index (χ4n) is 3.65. The van der Waals surface area contributed by atoms with E-state index in [1.807, 2.05) is 76.2 Å². The molecule has 51 heavy (non-hydrogen) atoms. The lowest BCUT2D eigenvalue weighted by molar-refractivity contribution is -0.159. The lowest BCUT2D eigenvalue weighted by Crippen LogP contribution is -2.37. The van der Waals surface area contributed by atoms with Crippen molar-refractivity contribution in [2.24, 2.45) is 21.7 Å². The first-order chi connectivity index (χ1) is 23.6. The zero-order valence-corrected chi connectivity index (χ0v) is 36.6. The van der Waals surface area contributed by atoms with Gasteiger partial charge in [0.15, 0.2) is 0 Å². The molecule has 0 saturated heterocycles. The Morgan fingerprint density at radius 3 is 1.25 bits per heavy atom. The normalized spacial score (nSPS) is 12.3. The summed E-state index contributed by atoms with van der Waals surface area (Å²) in [7, 11) is 0. The number of hydrogen-bond acceptors (Lipinski definition) is 9. The highest BCUT2D eigenvalue weighted by atomic mass is 16.5. The highest BCUT2D eigenvalue weighted by Gasteiger charge is 2.37. The summed E-state index contributed by atoms with van der Waals surface area (Å²) in [6.45, 7) is 37.0. The van der Waals surface area contributed by atoms with Crippen LogP contribution >= 0.6 is 0 Å². The third-order valence-electron chi connectivity index (χ3n) is 6.82. The van der Waals surface area contributed by atoms with Crippen LogP contribution in [0.15, 0.2) is 18.7 Å². The van der Waals surface area contributed by atoms with E-state index in [-0.39, 0.29) is 66.5 Å². The van der Waals surface area contributed by atoms with Gasteiger partial charge in [0.2, 0.25) is 5.91 Å². The molecule has 10 heteroatoms. The monoisotopic (exact) mass is 729 g/mol. The molecule has 0 radical (unpaired) electrons. The topological polar surface area (TPSA) is 150 Å². The van der Waals surface area contributed by atoms with Gasteiger partial charge in [-0.05, 0) is 34.6 Å². The quantitative estimate of drug-likeness (QED) is 0.196. The molecule has 1 heterocycles. The Balaban J connectivity index is -0.000000139. The van der Waals surface area contributed by atoms with Crippen molar-refractivity contribution in [3.63, 3.8) is 0 Å². The molecule has 302 valence electrons. The predicted molar refractivity (Wildman–Crippen MR) is 212 cm³/mol. The maximum absolute atomic E-state index is 12.0. The van der Waals surface area contributed by atoms with Crippen LogP contribution in [0.3, 0.4) is 0 Å². The lowest BCUT2D eigenvalue weighted by Gasteiger charge is -2.28. The number of aromatic nitrogens is 2. The number of rotatable bonds is 13. The third kappa shape index (κ3) is 27.3. The summed E-state index contributed by atoms with van der Waals surface area (Å²) in [6, 6.07) is 0. The van der Waals surface area contributed by atoms with Gasteiger partial charge in [0, 0.05) is 56.3 Å². The van der Waals surface area contributed by atoms with E-state index in [9.17, 15) is 28.8 Å². The van der Waals surface area contributed by atoms with Crippen molar-refractivity contribution < 1.29 is 38.6 Å². The second kappa shape index (κ2) is 32.9. The average molecular weight is 729 g/mol. The third-order valence-corrected chi connectivity index (χ3v) is 6.82. The van der Waals surface area contributed by atoms with Crippen LogP contribution in [-0.2, 0) is 28.7 Å². The van der Waals surface area contributed by atoms with Crippen LogP contribution in [0.2, 0.25) is 0 Å². The summed E-state index contributed by atoms with van der Waals surface area (Å²) in [5.41, 5.74) is -2.70. The van der Waals surface area contributed by atoms with Crippen LogP contribution in [0, 0.1) is 21.7 Å². The average Bonchev–Trinajstić information content (AvgIpc) is 3.67. The number of ether oxygens (including phenoxy) is 1. The highest BCUT2D eigenvalue weighted by Crippen LogP contribution is 2.28. The Bertz CT molecular complexity index is 1070. The van der Waals surface area contributed by atoms with Gasteiger partial charge in [-0.15, -0.1) is 0 Å². The summed E-state index contributed by atoms with van der Waals surface area (Å²) >= 11 is 0. The molecule has 0 aliphatic rings. The predicted octanol–water partition coefficient (Wildman–Crippen LogP) is 9.94. The molecule has 2 atom stereocenters. The number of aliphatic hydroxyl groups excluding tert-OH is 1. The van der Waals surface area contributed by atoms with Gasteiger partial charge in [-0.3, -0.25) is 33.3 Å². The number of hydrogen-bond donors (Lipinski definition) is 1. The van der Waals surface area contributed by atoms with E-state index in [1.54, 1.807) is 74.7 Å². The van der Waals surface area contributed by atoms with E-state index in [1.165, 1.54) is 10.9 Å². The second-order valence-electron chi connectivity index (χ2n) is 13.3.